The first-order valence-electron chi connectivity index (χ1n) is 10.7. The maximum Gasteiger partial charge on any atom is 0.253 e. The van der Waals surface area contributed by atoms with Gasteiger partial charge in [0.05, 0.1) is 0 Å². The van der Waals surface area contributed by atoms with Gasteiger partial charge in [0.25, 0.3) is 5.91 Å². The number of amides is 1. The second-order valence-electron chi connectivity index (χ2n) is 8.14. The molecule has 6 heteroatoms. The van der Waals surface area contributed by atoms with Crippen molar-refractivity contribution < 1.29 is 4.79 Å². The molecule has 0 bridgehead atoms. The highest BCUT2D eigenvalue weighted by molar-refractivity contribution is 5.94. The minimum atomic E-state index is 0.0955. The van der Waals surface area contributed by atoms with Crippen molar-refractivity contribution in [2.24, 2.45) is 0 Å². The number of hydrogen-bond acceptors (Lipinski definition) is 5. The van der Waals surface area contributed by atoms with Gasteiger partial charge in [-0.3, -0.25) is 4.79 Å². The Balaban J connectivity index is 1.52. The lowest BCUT2D eigenvalue weighted by Gasteiger charge is -2.32. The van der Waals surface area contributed by atoms with E-state index in [4.69, 9.17) is 0 Å². The van der Waals surface area contributed by atoms with Crippen molar-refractivity contribution in [3.8, 4) is 0 Å². The average molecular weight is 416 g/mol. The first-order chi connectivity index (χ1) is 15.0. The maximum absolute atomic E-state index is 12.8. The summed E-state index contributed by atoms with van der Waals surface area (Å²) >= 11 is 0. The van der Waals surface area contributed by atoms with Gasteiger partial charge in [-0.2, -0.15) is 0 Å². The molecule has 1 saturated heterocycles. The summed E-state index contributed by atoms with van der Waals surface area (Å²) in [7, 11) is 2.09. The molecule has 2 heterocycles. The predicted molar refractivity (Wildman–Crippen MR) is 124 cm³/mol. The molecule has 2 aromatic carbocycles. The highest BCUT2D eigenvalue weighted by Crippen LogP contribution is 2.24. The Morgan fingerprint density at radius 2 is 1.61 bits per heavy atom. The number of benzene rings is 2. The quantitative estimate of drug-likeness (QED) is 0.687. The Labute approximate surface area is 183 Å². The molecule has 31 heavy (non-hydrogen) atoms. The van der Waals surface area contributed by atoms with E-state index >= 15 is 0 Å². The van der Waals surface area contributed by atoms with E-state index in [0.717, 1.165) is 66.8 Å². The molecule has 0 unspecified atom stereocenters. The van der Waals surface area contributed by atoms with Gasteiger partial charge < -0.3 is 15.1 Å². The van der Waals surface area contributed by atoms with Crippen molar-refractivity contribution in [3.63, 3.8) is 0 Å². The van der Waals surface area contributed by atoms with Crippen molar-refractivity contribution in [2.75, 3.05) is 38.5 Å². The lowest BCUT2D eigenvalue weighted by atomic mass is 10.0. The van der Waals surface area contributed by atoms with Crippen LogP contribution in [0.3, 0.4) is 0 Å². The minimum absolute atomic E-state index is 0.0955. The first-order valence-corrected chi connectivity index (χ1v) is 10.7. The van der Waals surface area contributed by atoms with Crippen LogP contribution in [0.25, 0.3) is 0 Å². The Hall–Kier alpha value is -3.25. The van der Waals surface area contributed by atoms with Crippen LogP contribution < -0.4 is 5.32 Å². The largest absolute Gasteiger partial charge is 0.340 e. The third kappa shape index (κ3) is 5.09. The summed E-state index contributed by atoms with van der Waals surface area (Å²) in [4.78, 5) is 26.2. The van der Waals surface area contributed by atoms with Crippen LogP contribution in [0.5, 0.6) is 0 Å². The number of carbonyl (C=O) groups is 1. The van der Waals surface area contributed by atoms with Crippen LogP contribution in [0.4, 0.5) is 11.5 Å². The summed E-state index contributed by atoms with van der Waals surface area (Å²) in [5.41, 5.74) is 4.89. The Kier molecular flexibility index (Phi) is 6.28. The van der Waals surface area contributed by atoms with E-state index in [-0.39, 0.29) is 5.91 Å². The van der Waals surface area contributed by atoms with Crippen LogP contribution in [-0.2, 0) is 6.42 Å². The van der Waals surface area contributed by atoms with Gasteiger partial charge in [-0.25, -0.2) is 9.97 Å². The number of aromatic nitrogens is 2. The summed E-state index contributed by atoms with van der Waals surface area (Å²) in [5.74, 6) is 1.64. The number of hydrogen-bond donors (Lipinski definition) is 1. The van der Waals surface area contributed by atoms with Gasteiger partial charge >= 0.3 is 0 Å². The van der Waals surface area contributed by atoms with Gasteiger partial charge in [-0.1, -0.05) is 30.3 Å². The fraction of sp³-hybridized carbons (Fsp3) is 0.320. The molecule has 1 aliphatic heterocycles. The number of piperazine rings is 1. The Bertz CT molecular complexity index is 1040. The molecule has 0 radical (unpaired) electrons. The molecule has 0 atom stereocenters. The summed E-state index contributed by atoms with van der Waals surface area (Å²) in [5, 5.41) is 3.44. The van der Waals surface area contributed by atoms with Crippen molar-refractivity contribution in [1.29, 1.82) is 0 Å². The number of likely N-dealkylation sites (N-methyl/N-ethyl adjacent to an activating group) is 1. The second kappa shape index (κ2) is 9.27. The third-order valence-corrected chi connectivity index (χ3v) is 5.73. The fourth-order valence-electron chi connectivity index (χ4n) is 3.88. The molecule has 0 aliphatic carbocycles. The van der Waals surface area contributed by atoms with Crippen molar-refractivity contribution >= 4 is 17.4 Å². The van der Waals surface area contributed by atoms with Crippen molar-refractivity contribution in [3.05, 3.63) is 82.8 Å². The maximum atomic E-state index is 12.8. The van der Waals surface area contributed by atoms with E-state index in [1.807, 2.05) is 61.2 Å². The molecule has 3 aromatic rings. The first kappa shape index (κ1) is 21.0. The van der Waals surface area contributed by atoms with Crippen LogP contribution in [-0.4, -0.2) is 58.9 Å². The zero-order chi connectivity index (χ0) is 21.8. The van der Waals surface area contributed by atoms with Crippen LogP contribution in [0, 0.1) is 13.8 Å². The van der Waals surface area contributed by atoms with E-state index in [9.17, 15) is 4.79 Å². The van der Waals surface area contributed by atoms with Crippen molar-refractivity contribution in [1.82, 2.24) is 19.8 Å². The normalized spacial score (nSPS) is 14.5. The third-order valence-electron chi connectivity index (χ3n) is 5.73. The van der Waals surface area contributed by atoms with E-state index in [2.05, 4.69) is 39.4 Å². The highest BCUT2D eigenvalue weighted by atomic mass is 16.2. The number of carbonyl (C=O) groups excluding carboxylic acids is 1. The fourth-order valence-corrected chi connectivity index (χ4v) is 3.88. The monoisotopic (exact) mass is 415 g/mol. The van der Waals surface area contributed by atoms with Gasteiger partial charge in [0.1, 0.15) is 11.6 Å². The van der Waals surface area contributed by atoms with Gasteiger partial charge in [0.2, 0.25) is 0 Å². The molecule has 1 amide bonds. The zero-order valence-electron chi connectivity index (χ0n) is 18.4. The molecule has 0 saturated carbocycles. The zero-order valence-corrected chi connectivity index (χ0v) is 18.4. The predicted octanol–water partition coefficient (Wildman–Crippen LogP) is 3.82. The van der Waals surface area contributed by atoms with Gasteiger partial charge in [-0.05, 0) is 50.7 Å². The smallest absolute Gasteiger partial charge is 0.253 e. The van der Waals surface area contributed by atoms with E-state index < -0.39 is 0 Å². The molecule has 0 spiro atoms. The standard InChI is InChI=1S/C25H29N5O/c1-18-23(17-20-7-5-4-6-8-20)24(27-19(2)26-18)28-22-11-9-21(10-12-22)25(31)30-15-13-29(3)14-16-30/h4-12H,13-17H2,1-3H3,(H,26,27,28). The lowest BCUT2D eigenvalue weighted by molar-refractivity contribution is 0.0664. The van der Waals surface area contributed by atoms with E-state index in [1.165, 1.54) is 5.56 Å². The molecule has 1 N–H and O–H groups in total. The van der Waals surface area contributed by atoms with Crippen LogP contribution in [0.2, 0.25) is 0 Å². The SMILES string of the molecule is Cc1nc(C)c(Cc2ccccc2)c(Nc2ccc(C(=O)N3CCN(C)CC3)cc2)n1. The molecule has 1 aromatic heterocycles. The highest BCUT2D eigenvalue weighted by Gasteiger charge is 2.20. The van der Waals surface area contributed by atoms with Gasteiger partial charge in [0.15, 0.2) is 0 Å². The molecule has 1 aliphatic rings. The number of nitrogens with zero attached hydrogens (tertiary/aromatic N) is 4. The molecule has 1 fully saturated rings. The Morgan fingerprint density at radius 1 is 0.935 bits per heavy atom. The second-order valence-corrected chi connectivity index (χ2v) is 8.14. The molecule has 4 rings (SSSR count). The van der Waals surface area contributed by atoms with E-state index in [0.29, 0.717) is 0 Å². The minimum Gasteiger partial charge on any atom is -0.340 e. The summed E-state index contributed by atoms with van der Waals surface area (Å²) in [6, 6.07) is 18.0. The number of aryl methyl sites for hydroxylation is 2. The van der Waals surface area contributed by atoms with Crippen molar-refractivity contribution in [2.45, 2.75) is 20.3 Å². The van der Waals surface area contributed by atoms with Gasteiger partial charge in [-0.15, -0.1) is 0 Å². The number of rotatable bonds is 5. The summed E-state index contributed by atoms with van der Waals surface area (Å²) in [6.45, 7) is 7.32. The van der Waals surface area contributed by atoms with Crippen LogP contribution in [0.1, 0.15) is 33.0 Å². The van der Waals surface area contributed by atoms with Crippen LogP contribution >= 0.6 is 0 Å². The van der Waals surface area contributed by atoms with E-state index in [1.54, 1.807) is 0 Å². The Morgan fingerprint density at radius 3 is 2.29 bits per heavy atom. The molecule has 160 valence electrons. The molecule has 6 nitrogen and oxygen atoms in total. The summed E-state index contributed by atoms with van der Waals surface area (Å²) in [6.07, 6.45) is 0.759. The average Bonchev–Trinajstić information content (AvgIpc) is 2.77. The van der Waals surface area contributed by atoms with Crippen LogP contribution in [0.15, 0.2) is 54.6 Å². The van der Waals surface area contributed by atoms with Gasteiger partial charge in [0, 0.05) is 55.1 Å². The number of anilines is 2. The molecular weight excluding hydrogens is 386 g/mol. The summed E-state index contributed by atoms with van der Waals surface area (Å²) < 4.78 is 0. The molecular formula is C25H29N5O. The number of nitrogens with one attached hydrogen (secondary N) is 1. The topological polar surface area (TPSA) is 61.4 Å². The lowest BCUT2D eigenvalue weighted by Crippen LogP contribution is -2.47.